The van der Waals surface area contributed by atoms with E-state index in [9.17, 15) is 4.79 Å². The maximum absolute atomic E-state index is 12.5. The van der Waals surface area contributed by atoms with Crippen molar-refractivity contribution < 1.29 is 23.7 Å². The van der Waals surface area contributed by atoms with Gasteiger partial charge in [-0.05, 0) is 48.0 Å². The fourth-order valence-electron chi connectivity index (χ4n) is 3.12. The Kier molecular flexibility index (Phi) is 6.55. The first kappa shape index (κ1) is 19.8. The van der Waals surface area contributed by atoms with Crippen molar-refractivity contribution >= 4 is 17.5 Å². The number of hydrogen-bond donors (Lipinski definition) is 0. The molecule has 0 saturated carbocycles. The van der Waals surface area contributed by atoms with E-state index in [2.05, 4.69) is 4.90 Å². The minimum atomic E-state index is -0.0673. The van der Waals surface area contributed by atoms with E-state index >= 15 is 0 Å². The normalized spacial score (nSPS) is 14.2. The van der Waals surface area contributed by atoms with Crippen molar-refractivity contribution in [2.24, 2.45) is 0 Å². The van der Waals surface area contributed by atoms with Crippen molar-refractivity contribution in [2.75, 3.05) is 52.5 Å². The van der Waals surface area contributed by atoms with Gasteiger partial charge in [0.05, 0.1) is 34.5 Å². The van der Waals surface area contributed by atoms with Gasteiger partial charge in [-0.15, -0.1) is 0 Å². The molecule has 3 rings (SSSR count). The van der Waals surface area contributed by atoms with Crippen LogP contribution in [0.4, 0.5) is 5.69 Å². The predicted octanol–water partition coefficient (Wildman–Crippen LogP) is 3.45. The number of morpholine rings is 1. The number of carbonyl (C=O) groups excluding carboxylic acids is 1. The van der Waals surface area contributed by atoms with Crippen LogP contribution in [0.2, 0.25) is 0 Å². The molecule has 1 saturated heterocycles. The zero-order valence-corrected chi connectivity index (χ0v) is 16.4. The molecule has 0 radical (unpaired) electrons. The number of hydrogen-bond acceptors (Lipinski definition) is 6. The third-order valence-corrected chi connectivity index (χ3v) is 4.64. The van der Waals surface area contributed by atoms with Crippen molar-refractivity contribution in [3.8, 4) is 17.2 Å². The molecule has 28 heavy (non-hydrogen) atoms. The summed E-state index contributed by atoms with van der Waals surface area (Å²) < 4.78 is 21.4. The van der Waals surface area contributed by atoms with Crippen LogP contribution in [0.5, 0.6) is 17.2 Å². The molecule has 1 heterocycles. The van der Waals surface area contributed by atoms with Gasteiger partial charge < -0.3 is 23.8 Å². The molecular formula is C22H25NO5. The Hall–Kier alpha value is -2.99. The van der Waals surface area contributed by atoms with Crippen LogP contribution >= 0.6 is 0 Å². The van der Waals surface area contributed by atoms with Crippen LogP contribution < -0.4 is 19.1 Å². The minimum Gasteiger partial charge on any atom is -0.493 e. The molecule has 1 aliphatic heterocycles. The number of ether oxygens (including phenoxy) is 4. The summed E-state index contributed by atoms with van der Waals surface area (Å²) in [5.74, 6) is 1.54. The zero-order chi connectivity index (χ0) is 19.9. The number of rotatable bonds is 7. The molecule has 0 atom stereocenters. The summed E-state index contributed by atoms with van der Waals surface area (Å²) in [7, 11) is 4.68. The van der Waals surface area contributed by atoms with Gasteiger partial charge >= 0.3 is 0 Å². The average Bonchev–Trinajstić information content (AvgIpc) is 2.77. The fourth-order valence-corrected chi connectivity index (χ4v) is 3.12. The van der Waals surface area contributed by atoms with Gasteiger partial charge in [-0.3, -0.25) is 4.79 Å². The van der Waals surface area contributed by atoms with Crippen molar-refractivity contribution in [2.45, 2.75) is 0 Å². The van der Waals surface area contributed by atoms with Crippen LogP contribution in [0.1, 0.15) is 15.9 Å². The Morgan fingerprint density at radius 1 is 0.964 bits per heavy atom. The Morgan fingerprint density at radius 2 is 1.57 bits per heavy atom. The number of benzene rings is 2. The average molecular weight is 383 g/mol. The molecule has 0 aliphatic carbocycles. The van der Waals surface area contributed by atoms with Crippen molar-refractivity contribution in [3.63, 3.8) is 0 Å². The Bertz CT molecular complexity index is 814. The Labute approximate surface area is 165 Å². The molecule has 0 aromatic heterocycles. The molecule has 0 spiro atoms. The first-order valence-electron chi connectivity index (χ1n) is 9.11. The smallest absolute Gasteiger partial charge is 0.203 e. The molecule has 2 aromatic rings. The van der Waals surface area contributed by atoms with Crippen LogP contribution in [-0.2, 0) is 4.74 Å². The molecule has 0 bridgehead atoms. The van der Waals surface area contributed by atoms with Crippen LogP contribution in [-0.4, -0.2) is 53.4 Å². The SMILES string of the molecule is COc1cc(C=CC(=O)c2ccc(N3CCOCC3)cc2)cc(OC)c1OC. The number of ketones is 1. The lowest BCUT2D eigenvalue weighted by molar-refractivity contribution is 0.104. The van der Waals surface area contributed by atoms with Crippen LogP contribution in [0.3, 0.4) is 0 Å². The van der Waals surface area contributed by atoms with Gasteiger partial charge in [-0.25, -0.2) is 0 Å². The van der Waals surface area contributed by atoms with Gasteiger partial charge in [-0.2, -0.15) is 0 Å². The molecule has 2 aromatic carbocycles. The summed E-state index contributed by atoms with van der Waals surface area (Å²) in [6.45, 7) is 3.21. The highest BCUT2D eigenvalue weighted by Crippen LogP contribution is 2.38. The number of anilines is 1. The third kappa shape index (κ3) is 4.46. The minimum absolute atomic E-state index is 0.0673. The second-order valence-corrected chi connectivity index (χ2v) is 6.30. The number of allylic oxidation sites excluding steroid dienone is 1. The molecule has 0 N–H and O–H groups in total. The Balaban J connectivity index is 1.74. The molecule has 0 amide bonds. The number of carbonyl (C=O) groups is 1. The molecule has 6 nitrogen and oxygen atoms in total. The molecule has 148 valence electrons. The van der Waals surface area contributed by atoms with Crippen LogP contribution in [0.15, 0.2) is 42.5 Å². The molecule has 1 aliphatic rings. The fraction of sp³-hybridized carbons (Fsp3) is 0.318. The molecule has 1 fully saturated rings. The van der Waals surface area contributed by atoms with E-state index < -0.39 is 0 Å². The van der Waals surface area contributed by atoms with Crippen molar-refractivity contribution in [3.05, 3.63) is 53.6 Å². The summed E-state index contributed by atoms with van der Waals surface area (Å²) in [4.78, 5) is 14.8. The van der Waals surface area contributed by atoms with Gasteiger partial charge in [0.2, 0.25) is 5.75 Å². The summed E-state index contributed by atoms with van der Waals surface area (Å²) in [6.07, 6.45) is 3.28. The molecule has 6 heteroatoms. The van der Waals surface area contributed by atoms with Gasteiger partial charge in [-0.1, -0.05) is 6.08 Å². The first-order valence-corrected chi connectivity index (χ1v) is 9.11. The van der Waals surface area contributed by atoms with E-state index in [-0.39, 0.29) is 5.78 Å². The molecule has 0 unspecified atom stereocenters. The highest BCUT2D eigenvalue weighted by molar-refractivity contribution is 6.07. The van der Waals surface area contributed by atoms with Crippen LogP contribution in [0.25, 0.3) is 6.08 Å². The summed E-state index contributed by atoms with van der Waals surface area (Å²) in [6, 6.07) is 11.3. The quantitative estimate of drug-likeness (QED) is 0.539. The van der Waals surface area contributed by atoms with Crippen molar-refractivity contribution in [1.29, 1.82) is 0 Å². The first-order chi connectivity index (χ1) is 13.7. The van der Waals surface area contributed by atoms with Gasteiger partial charge in [0.15, 0.2) is 17.3 Å². The highest BCUT2D eigenvalue weighted by Gasteiger charge is 2.13. The second kappa shape index (κ2) is 9.28. The maximum atomic E-state index is 12.5. The summed E-state index contributed by atoms with van der Waals surface area (Å²) in [5, 5.41) is 0. The second-order valence-electron chi connectivity index (χ2n) is 6.30. The molecular weight excluding hydrogens is 358 g/mol. The maximum Gasteiger partial charge on any atom is 0.203 e. The van der Waals surface area contributed by atoms with E-state index in [1.54, 1.807) is 45.6 Å². The number of methoxy groups -OCH3 is 3. The van der Waals surface area contributed by atoms with Gasteiger partial charge in [0.25, 0.3) is 0 Å². The van der Waals surface area contributed by atoms with E-state index in [1.165, 1.54) is 0 Å². The lowest BCUT2D eigenvalue weighted by Crippen LogP contribution is -2.36. The van der Waals surface area contributed by atoms with Crippen molar-refractivity contribution in [1.82, 2.24) is 0 Å². The predicted molar refractivity (Wildman–Crippen MR) is 109 cm³/mol. The van der Waals surface area contributed by atoms with E-state index in [0.29, 0.717) is 22.8 Å². The topological polar surface area (TPSA) is 57.2 Å². The standard InChI is InChI=1S/C22H25NO5/c1-25-20-14-16(15-21(26-2)22(20)27-3)4-9-19(24)17-5-7-18(8-6-17)23-10-12-28-13-11-23/h4-9,14-15H,10-13H2,1-3H3. The van der Waals surface area contributed by atoms with E-state index in [0.717, 1.165) is 37.6 Å². The number of nitrogens with zero attached hydrogens (tertiary/aromatic N) is 1. The van der Waals surface area contributed by atoms with Gasteiger partial charge in [0, 0.05) is 24.3 Å². The third-order valence-electron chi connectivity index (χ3n) is 4.64. The lowest BCUT2D eigenvalue weighted by atomic mass is 10.1. The lowest BCUT2D eigenvalue weighted by Gasteiger charge is -2.28. The van der Waals surface area contributed by atoms with E-state index in [4.69, 9.17) is 18.9 Å². The summed E-state index contributed by atoms with van der Waals surface area (Å²) >= 11 is 0. The zero-order valence-electron chi connectivity index (χ0n) is 16.4. The van der Waals surface area contributed by atoms with Crippen LogP contribution in [0, 0.1) is 0 Å². The van der Waals surface area contributed by atoms with E-state index in [1.807, 2.05) is 24.3 Å². The Morgan fingerprint density at radius 3 is 2.11 bits per heavy atom. The highest BCUT2D eigenvalue weighted by atomic mass is 16.5. The summed E-state index contributed by atoms with van der Waals surface area (Å²) in [5.41, 5.74) is 2.53. The monoisotopic (exact) mass is 383 g/mol. The van der Waals surface area contributed by atoms with Gasteiger partial charge in [0.1, 0.15) is 0 Å². The largest absolute Gasteiger partial charge is 0.493 e.